The molecule has 2 rings (SSSR count). The lowest BCUT2D eigenvalue weighted by Gasteiger charge is -2.10. The monoisotopic (exact) mass is 254 g/mol. The van der Waals surface area contributed by atoms with Gasteiger partial charge in [0, 0.05) is 0 Å². The number of hydrogen-bond acceptors (Lipinski definition) is 2. The van der Waals surface area contributed by atoms with Crippen LogP contribution in [0.4, 0.5) is 0 Å². The van der Waals surface area contributed by atoms with Gasteiger partial charge in [-0.15, -0.1) is 0 Å². The number of hydrogen-bond donors (Lipinski definition) is 0. The van der Waals surface area contributed by atoms with Crippen molar-refractivity contribution in [3.8, 4) is 16.9 Å². The Morgan fingerprint density at radius 3 is 2.42 bits per heavy atom. The Bertz CT molecular complexity index is 586. The van der Waals surface area contributed by atoms with Gasteiger partial charge in [-0.25, -0.2) is 0 Å². The Balaban J connectivity index is 2.47. The Hall–Kier alpha value is -2.09. The van der Waals surface area contributed by atoms with Crippen molar-refractivity contribution in [1.29, 1.82) is 0 Å². The van der Waals surface area contributed by atoms with Crippen LogP contribution in [0.15, 0.2) is 42.5 Å². The molecule has 19 heavy (non-hydrogen) atoms. The topological polar surface area (TPSA) is 26.3 Å². The van der Waals surface area contributed by atoms with Gasteiger partial charge in [-0.2, -0.15) is 0 Å². The van der Waals surface area contributed by atoms with Crippen LogP contribution in [0, 0.1) is 0 Å². The molecular weight excluding hydrogens is 236 g/mol. The number of carbonyl (C=O) groups excluding carboxylic acids is 1. The fourth-order valence-electron chi connectivity index (χ4n) is 2.07. The summed E-state index contributed by atoms with van der Waals surface area (Å²) in [6.07, 6.45) is 0.813. The maximum Gasteiger partial charge on any atom is 0.153 e. The molecule has 0 radical (unpaired) electrons. The van der Waals surface area contributed by atoms with Crippen LogP contribution in [0.5, 0.6) is 5.75 Å². The van der Waals surface area contributed by atoms with Crippen LogP contribution in [-0.4, -0.2) is 13.4 Å². The first-order valence-electron chi connectivity index (χ1n) is 6.39. The summed E-state index contributed by atoms with van der Waals surface area (Å²) in [6, 6.07) is 14.1. The van der Waals surface area contributed by atoms with E-state index in [2.05, 4.69) is 38.1 Å². The minimum atomic E-state index is 0.496. The van der Waals surface area contributed by atoms with Crippen molar-refractivity contribution in [3.63, 3.8) is 0 Å². The van der Waals surface area contributed by atoms with E-state index in [1.165, 1.54) is 5.56 Å². The highest BCUT2D eigenvalue weighted by Crippen LogP contribution is 2.28. The fraction of sp³-hybridized carbons (Fsp3) is 0.235. The molecule has 0 amide bonds. The molecular formula is C17H18O2. The van der Waals surface area contributed by atoms with E-state index in [9.17, 15) is 4.79 Å². The average Bonchev–Trinajstić information content (AvgIpc) is 2.46. The minimum absolute atomic E-state index is 0.496. The van der Waals surface area contributed by atoms with Crippen molar-refractivity contribution in [2.45, 2.75) is 19.8 Å². The maximum atomic E-state index is 10.9. The third-order valence-corrected chi connectivity index (χ3v) is 3.25. The number of ether oxygens (including phenoxy) is 1. The standard InChI is InChI=1S/C17H18O2/c1-12(2)13-5-4-6-14(9-13)15-7-8-16(11-18)17(10-15)19-3/h4-12H,1-3H3. The largest absolute Gasteiger partial charge is 0.496 e. The van der Waals surface area contributed by atoms with E-state index in [-0.39, 0.29) is 0 Å². The molecule has 2 aromatic carbocycles. The summed E-state index contributed by atoms with van der Waals surface area (Å²) in [5, 5.41) is 0. The van der Waals surface area contributed by atoms with Crippen LogP contribution in [0.25, 0.3) is 11.1 Å². The summed E-state index contributed by atoms with van der Waals surface area (Å²) in [7, 11) is 1.58. The highest BCUT2D eigenvalue weighted by atomic mass is 16.5. The van der Waals surface area contributed by atoms with E-state index >= 15 is 0 Å². The maximum absolute atomic E-state index is 10.9. The van der Waals surface area contributed by atoms with Crippen molar-refractivity contribution in [3.05, 3.63) is 53.6 Å². The smallest absolute Gasteiger partial charge is 0.153 e. The molecule has 0 aliphatic heterocycles. The molecule has 2 nitrogen and oxygen atoms in total. The summed E-state index contributed by atoms with van der Waals surface area (Å²) in [6.45, 7) is 4.35. The van der Waals surface area contributed by atoms with Gasteiger partial charge < -0.3 is 4.74 Å². The van der Waals surface area contributed by atoms with Crippen LogP contribution in [0.2, 0.25) is 0 Å². The predicted molar refractivity (Wildman–Crippen MR) is 77.9 cm³/mol. The highest BCUT2D eigenvalue weighted by molar-refractivity contribution is 5.82. The molecule has 0 aliphatic rings. The van der Waals surface area contributed by atoms with E-state index < -0.39 is 0 Å². The summed E-state index contributed by atoms with van der Waals surface area (Å²) in [4.78, 5) is 10.9. The van der Waals surface area contributed by atoms with Crippen molar-refractivity contribution in [2.24, 2.45) is 0 Å². The second kappa shape index (κ2) is 5.70. The fourth-order valence-corrected chi connectivity index (χ4v) is 2.07. The predicted octanol–water partition coefficient (Wildman–Crippen LogP) is 4.30. The van der Waals surface area contributed by atoms with Crippen LogP contribution in [0.3, 0.4) is 0 Å². The van der Waals surface area contributed by atoms with Gasteiger partial charge in [0.25, 0.3) is 0 Å². The van der Waals surface area contributed by atoms with Gasteiger partial charge in [0.2, 0.25) is 0 Å². The lowest BCUT2D eigenvalue weighted by atomic mass is 9.97. The molecule has 0 heterocycles. The second-order valence-electron chi connectivity index (χ2n) is 4.85. The lowest BCUT2D eigenvalue weighted by Crippen LogP contribution is -1.92. The third kappa shape index (κ3) is 2.84. The Morgan fingerprint density at radius 1 is 1.05 bits per heavy atom. The van der Waals surface area contributed by atoms with Crippen molar-refractivity contribution >= 4 is 6.29 Å². The zero-order chi connectivity index (χ0) is 13.8. The molecule has 0 saturated heterocycles. The highest BCUT2D eigenvalue weighted by Gasteiger charge is 2.06. The normalized spacial score (nSPS) is 10.5. The summed E-state index contributed by atoms with van der Waals surface area (Å²) < 4.78 is 5.24. The number of benzene rings is 2. The minimum Gasteiger partial charge on any atom is -0.496 e. The SMILES string of the molecule is COc1cc(-c2cccc(C(C)C)c2)ccc1C=O. The molecule has 0 atom stereocenters. The Labute approximate surface area is 114 Å². The van der Waals surface area contributed by atoms with Crippen LogP contribution in [-0.2, 0) is 0 Å². The molecule has 2 aromatic rings. The van der Waals surface area contributed by atoms with Gasteiger partial charge in [0.05, 0.1) is 12.7 Å². The van der Waals surface area contributed by atoms with E-state index in [0.717, 1.165) is 17.4 Å². The van der Waals surface area contributed by atoms with Crippen molar-refractivity contribution in [2.75, 3.05) is 7.11 Å². The molecule has 0 fully saturated rings. The van der Waals surface area contributed by atoms with Crippen molar-refractivity contribution in [1.82, 2.24) is 0 Å². The first kappa shape index (κ1) is 13.3. The average molecular weight is 254 g/mol. The van der Waals surface area contributed by atoms with Gasteiger partial charge in [-0.3, -0.25) is 4.79 Å². The van der Waals surface area contributed by atoms with E-state index in [1.54, 1.807) is 13.2 Å². The summed E-state index contributed by atoms with van der Waals surface area (Å²) in [5.41, 5.74) is 4.08. The number of carbonyl (C=O) groups is 1. The van der Waals surface area contributed by atoms with Gasteiger partial charge >= 0.3 is 0 Å². The Morgan fingerprint density at radius 2 is 1.79 bits per heavy atom. The van der Waals surface area contributed by atoms with Gasteiger partial charge in [0.1, 0.15) is 5.75 Å². The second-order valence-corrected chi connectivity index (χ2v) is 4.85. The quantitative estimate of drug-likeness (QED) is 0.760. The lowest BCUT2D eigenvalue weighted by molar-refractivity contribution is 0.112. The molecule has 0 unspecified atom stereocenters. The van der Waals surface area contributed by atoms with Crippen LogP contribution >= 0.6 is 0 Å². The summed E-state index contributed by atoms with van der Waals surface area (Å²) >= 11 is 0. The van der Waals surface area contributed by atoms with E-state index in [1.807, 2.05) is 12.1 Å². The molecule has 0 spiro atoms. The van der Waals surface area contributed by atoms with Gasteiger partial charge in [-0.05, 0) is 34.7 Å². The van der Waals surface area contributed by atoms with Crippen LogP contribution < -0.4 is 4.74 Å². The van der Waals surface area contributed by atoms with Crippen LogP contribution in [0.1, 0.15) is 35.7 Å². The number of methoxy groups -OCH3 is 1. The molecule has 0 aliphatic carbocycles. The molecule has 0 aromatic heterocycles. The third-order valence-electron chi connectivity index (χ3n) is 3.25. The molecule has 98 valence electrons. The van der Waals surface area contributed by atoms with E-state index in [4.69, 9.17) is 4.74 Å². The van der Waals surface area contributed by atoms with Gasteiger partial charge in [-0.1, -0.05) is 44.2 Å². The summed E-state index contributed by atoms with van der Waals surface area (Å²) in [5.74, 6) is 1.11. The zero-order valence-electron chi connectivity index (χ0n) is 11.5. The first-order chi connectivity index (χ1) is 9.15. The molecule has 0 saturated carbocycles. The van der Waals surface area contributed by atoms with Crippen molar-refractivity contribution < 1.29 is 9.53 Å². The number of aldehydes is 1. The molecule has 0 bridgehead atoms. The molecule has 0 N–H and O–H groups in total. The van der Waals surface area contributed by atoms with Gasteiger partial charge in [0.15, 0.2) is 6.29 Å². The zero-order valence-corrected chi connectivity index (χ0v) is 11.5. The first-order valence-corrected chi connectivity index (χ1v) is 6.39. The Kier molecular flexibility index (Phi) is 4.00. The molecule has 2 heteroatoms. The van der Waals surface area contributed by atoms with E-state index in [0.29, 0.717) is 17.2 Å². The number of rotatable bonds is 4.